The monoisotopic (exact) mass is 298 g/mol. The van der Waals surface area contributed by atoms with E-state index < -0.39 is 5.97 Å². The number of esters is 1. The van der Waals surface area contributed by atoms with Crippen LogP contribution in [0.15, 0.2) is 48.5 Å². The summed E-state index contributed by atoms with van der Waals surface area (Å²) in [6, 6.07) is 15.1. The predicted molar refractivity (Wildman–Crippen MR) is 83.2 cm³/mol. The molecule has 0 aliphatic rings. The number of rotatable bonds is 6. The molecule has 0 N–H and O–H groups in total. The van der Waals surface area contributed by atoms with E-state index in [0.29, 0.717) is 5.75 Å². The maximum Gasteiger partial charge on any atom is 0.318 e. The van der Waals surface area contributed by atoms with Crippen LogP contribution in [0.3, 0.4) is 0 Å². The van der Waals surface area contributed by atoms with Crippen molar-refractivity contribution in [3.63, 3.8) is 0 Å². The second-order valence-electron chi connectivity index (χ2n) is 5.02. The molecule has 0 aliphatic heterocycles. The minimum Gasteiger partial charge on any atom is -0.497 e. The van der Waals surface area contributed by atoms with Crippen LogP contribution >= 0.6 is 0 Å². The minimum absolute atomic E-state index is 0.201. The van der Waals surface area contributed by atoms with E-state index >= 15 is 0 Å². The Hall–Kier alpha value is -2.62. The first-order chi connectivity index (χ1) is 10.6. The quantitative estimate of drug-likeness (QED) is 0.467. The summed E-state index contributed by atoms with van der Waals surface area (Å²) in [4.78, 5) is 22.2. The molecule has 0 bridgehead atoms. The van der Waals surface area contributed by atoms with Crippen molar-refractivity contribution in [3.8, 4) is 11.5 Å². The lowest BCUT2D eigenvalue weighted by Gasteiger charge is -2.06. The Labute approximate surface area is 129 Å². The number of hydrogen-bond acceptors (Lipinski definition) is 4. The summed E-state index contributed by atoms with van der Waals surface area (Å²) in [7, 11) is 1.64. The van der Waals surface area contributed by atoms with Crippen LogP contribution in [0.2, 0.25) is 0 Å². The largest absolute Gasteiger partial charge is 0.497 e. The van der Waals surface area contributed by atoms with Crippen molar-refractivity contribution in [2.45, 2.75) is 19.8 Å². The molecular formula is C18H18O4. The van der Waals surface area contributed by atoms with Crippen molar-refractivity contribution in [1.29, 1.82) is 0 Å². The number of hydrogen-bond donors (Lipinski definition) is 0. The van der Waals surface area contributed by atoms with E-state index in [1.807, 2.05) is 36.4 Å². The molecule has 0 amide bonds. The molecule has 4 heteroatoms. The first-order valence-corrected chi connectivity index (χ1v) is 6.99. The molecule has 114 valence electrons. The molecule has 0 saturated carbocycles. The number of ether oxygens (including phenoxy) is 2. The van der Waals surface area contributed by atoms with Gasteiger partial charge in [-0.3, -0.25) is 9.59 Å². The summed E-state index contributed by atoms with van der Waals surface area (Å²) in [5.74, 6) is 0.540. The lowest BCUT2D eigenvalue weighted by Crippen LogP contribution is -2.11. The molecular weight excluding hydrogens is 280 g/mol. The van der Waals surface area contributed by atoms with Gasteiger partial charge in [0.1, 0.15) is 23.7 Å². The van der Waals surface area contributed by atoms with Crippen LogP contribution in [-0.4, -0.2) is 18.9 Å². The van der Waals surface area contributed by atoms with Crippen molar-refractivity contribution in [1.82, 2.24) is 0 Å². The van der Waals surface area contributed by atoms with E-state index in [4.69, 9.17) is 9.47 Å². The van der Waals surface area contributed by atoms with Gasteiger partial charge in [-0.05, 0) is 48.7 Å². The van der Waals surface area contributed by atoms with Gasteiger partial charge in [-0.1, -0.05) is 24.3 Å². The van der Waals surface area contributed by atoms with Crippen molar-refractivity contribution in [2.24, 2.45) is 0 Å². The van der Waals surface area contributed by atoms with Crippen LogP contribution < -0.4 is 9.47 Å². The van der Waals surface area contributed by atoms with Gasteiger partial charge < -0.3 is 9.47 Å². The normalized spacial score (nSPS) is 10.1. The van der Waals surface area contributed by atoms with Gasteiger partial charge >= 0.3 is 5.97 Å². The van der Waals surface area contributed by atoms with E-state index in [9.17, 15) is 9.59 Å². The predicted octanol–water partition coefficient (Wildman–Crippen LogP) is 3.17. The topological polar surface area (TPSA) is 52.6 Å². The third-order valence-electron chi connectivity index (χ3n) is 3.12. The second-order valence-corrected chi connectivity index (χ2v) is 5.02. The number of ketones is 1. The van der Waals surface area contributed by atoms with Gasteiger partial charge in [0.2, 0.25) is 0 Å². The SMILES string of the molecule is COc1ccc(Cc2ccc(OC(=O)CC(C)=O)cc2)cc1. The van der Waals surface area contributed by atoms with Gasteiger partial charge in [-0.15, -0.1) is 0 Å². The summed E-state index contributed by atoms with van der Waals surface area (Å²) in [5.41, 5.74) is 2.28. The zero-order chi connectivity index (χ0) is 15.9. The van der Waals surface area contributed by atoms with E-state index in [0.717, 1.165) is 17.7 Å². The Morgan fingerprint density at radius 1 is 0.864 bits per heavy atom. The standard InChI is InChI=1S/C18H18O4/c1-13(19)11-18(20)22-17-9-5-15(6-10-17)12-14-3-7-16(21-2)8-4-14/h3-10H,11-12H2,1-2H3. The van der Waals surface area contributed by atoms with Gasteiger partial charge in [0.15, 0.2) is 0 Å². The molecule has 0 saturated heterocycles. The zero-order valence-electron chi connectivity index (χ0n) is 12.7. The first-order valence-electron chi connectivity index (χ1n) is 6.99. The number of benzene rings is 2. The van der Waals surface area contributed by atoms with Gasteiger partial charge in [0.25, 0.3) is 0 Å². The molecule has 0 aliphatic carbocycles. The van der Waals surface area contributed by atoms with Crippen LogP contribution in [0.1, 0.15) is 24.5 Å². The fraction of sp³-hybridized carbons (Fsp3) is 0.222. The molecule has 0 atom stereocenters. The molecule has 2 aromatic carbocycles. The van der Waals surface area contributed by atoms with E-state index in [2.05, 4.69) is 0 Å². The van der Waals surface area contributed by atoms with Gasteiger partial charge in [0, 0.05) is 0 Å². The molecule has 2 aromatic rings. The summed E-state index contributed by atoms with van der Waals surface area (Å²) in [6.07, 6.45) is 0.583. The van der Waals surface area contributed by atoms with Crippen molar-refractivity contribution >= 4 is 11.8 Å². The third kappa shape index (κ3) is 4.74. The maximum absolute atomic E-state index is 11.4. The highest BCUT2D eigenvalue weighted by molar-refractivity contribution is 5.94. The molecule has 0 aromatic heterocycles. The van der Waals surface area contributed by atoms with Crippen molar-refractivity contribution in [2.75, 3.05) is 7.11 Å². The van der Waals surface area contributed by atoms with E-state index in [-0.39, 0.29) is 12.2 Å². The summed E-state index contributed by atoms with van der Waals surface area (Å²) >= 11 is 0. The van der Waals surface area contributed by atoms with Crippen molar-refractivity contribution in [3.05, 3.63) is 59.7 Å². The fourth-order valence-electron chi connectivity index (χ4n) is 2.03. The summed E-state index contributed by atoms with van der Waals surface area (Å²) in [6.45, 7) is 1.36. The van der Waals surface area contributed by atoms with Crippen LogP contribution in [0, 0.1) is 0 Å². The lowest BCUT2D eigenvalue weighted by atomic mass is 10.0. The summed E-state index contributed by atoms with van der Waals surface area (Å²) < 4.78 is 10.2. The van der Waals surface area contributed by atoms with E-state index in [1.54, 1.807) is 19.2 Å². The minimum atomic E-state index is -0.532. The maximum atomic E-state index is 11.4. The molecule has 22 heavy (non-hydrogen) atoms. The summed E-state index contributed by atoms with van der Waals surface area (Å²) in [5, 5.41) is 0. The highest BCUT2D eigenvalue weighted by Gasteiger charge is 2.07. The Balaban J connectivity index is 1.96. The average molecular weight is 298 g/mol. The number of Topliss-reactive ketones (excluding diaryl/α,β-unsaturated/α-hetero) is 1. The van der Waals surface area contributed by atoms with E-state index in [1.165, 1.54) is 12.5 Å². The van der Waals surface area contributed by atoms with Crippen LogP contribution in [-0.2, 0) is 16.0 Å². The smallest absolute Gasteiger partial charge is 0.318 e. The first kappa shape index (κ1) is 15.8. The van der Waals surface area contributed by atoms with Gasteiger partial charge in [-0.2, -0.15) is 0 Å². The number of carbonyl (C=O) groups excluding carboxylic acids is 2. The van der Waals surface area contributed by atoms with Crippen LogP contribution in [0.25, 0.3) is 0 Å². The number of carbonyl (C=O) groups is 2. The molecule has 0 unspecified atom stereocenters. The molecule has 2 rings (SSSR count). The molecule has 0 heterocycles. The van der Waals surface area contributed by atoms with Gasteiger partial charge in [-0.25, -0.2) is 0 Å². The zero-order valence-corrected chi connectivity index (χ0v) is 12.7. The highest BCUT2D eigenvalue weighted by atomic mass is 16.5. The Morgan fingerprint density at radius 3 is 1.82 bits per heavy atom. The van der Waals surface area contributed by atoms with Crippen LogP contribution in [0.5, 0.6) is 11.5 Å². The Kier molecular flexibility index (Phi) is 5.31. The van der Waals surface area contributed by atoms with Crippen molar-refractivity contribution < 1.29 is 19.1 Å². The molecule has 0 radical (unpaired) electrons. The third-order valence-corrected chi connectivity index (χ3v) is 3.12. The Bertz CT molecular complexity index is 642. The second kappa shape index (κ2) is 7.41. The molecule has 0 fully saturated rings. The molecule has 4 nitrogen and oxygen atoms in total. The fourth-order valence-corrected chi connectivity index (χ4v) is 2.03. The number of methoxy groups -OCH3 is 1. The van der Waals surface area contributed by atoms with Crippen LogP contribution in [0.4, 0.5) is 0 Å². The average Bonchev–Trinajstić information content (AvgIpc) is 2.49. The lowest BCUT2D eigenvalue weighted by molar-refractivity contribution is -0.137. The highest BCUT2D eigenvalue weighted by Crippen LogP contribution is 2.18. The Morgan fingerprint density at radius 2 is 1.36 bits per heavy atom. The van der Waals surface area contributed by atoms with Gasteiger partial charge in [0.05, 0.1) is 7.11 Å². The molecule has 0 spiro atoms.